The Morgan fingerprint density at radius 3 is 2.74 bits per heavy atom. The van der Waals surface area contributed by atoms with Crippen LogP contribution in [0, 0.1) is 12.8 Å². The average Bonchev–Trinajstić information content (AvgIpc) is 3.67. The Morgan fingerprint density at radius 1 is 1.13 bits per heavy atom. The van der Waals surface area contributed by atoms with E-state index in [0.29, 0.717) is 18.3 Å². The third-order valence-corrected chi connectivity index (χ3v) is 7.96. The summed E-state index contributed by atoms with van der Waals surface area (Å²) in [5.41, 5.74) is 12.3. The topological polar surface area (TPSA) is 103 Å². The smallest absolute Gasteiger partial charge is 0.224 e. The van der Waals surface area contributed by atoms with Gasteiger partial charge in [-0.1, -0.05) is 35.9 Å². The highest BCUT2D eigenvalue weighted by Crippen LogP contribution is 2.46. The summed E-state index contributed by atoms with van der Waals surface area (Å²) < 4.78 is 15.8. The number of hydrogen-bond donors (Lipinski definition) is 2. The van der Waals surface area contributed by atoms with Crippen LogP contribution in [0.5, 0.6) is 11.6 Å². The number of ether oxygens (including phenoxy) is 2. The lowest BCUT2D eigenvalue weighted by Gasteiger charge is -2.35. The molecule has 2 N–H and O–H groups in total. The molecule has 5 heterocycles. The molecule has 0 amide bonds. The number of nitrogens with zero attached hydrogens (tertiary/aromatic N) is 6. The number of halogens is 1. The Kier molecular flexibility index (Phi) is 5.76. The summed E-state index contributed by atoms with van der Waals surface area (Å²) >= 11 is 6.12. The monoisotopic (exact) mass is 542 g/mol. The lowest BCUT2D eigenvalue weighted by molar-refractivity contribution is 0.0969. The number of fused-ring (bicyclic) bond motifs is 4. The van der Waals surface area contributed by atoms with Gasteiger partial charge < -0.3 is 9.47 Å². The summed E-state index contributed by atoms with van der Waals surface area (Å²) in [5, 5.41) is 9.93. The van der Waals surface area contributed by atoms with Crippen LogP contribution in [0.3, 0.4) is 0 Å². The van der Waals surface area contributed by atoms with Gasteiger partial charge in [-0.25, -0.2) is 19.9 Å². The molecule has 2 aliphatic rings. The summed E-state index contributed by atoms with van der Waals surface area (Å²) in [7, 11) is 1.93. The second kappa shape index (κ2) is 9.33. The highest BCUT2D eigenvalue weighted by atomic mass is 35.5. The van der Waals surface area contributed by atoms with Crippen LogP contribution in [0.15, 0.2) is 61.2 Å². The van der Waals surface area contributed by atoms with Gasteiger partial charge in [0.2, 0.25) is 5.88 Å². The lowest BCUT2D eigenvalue weighted by atomic mass is 9.77. The van der Waals surface area contributed by atoms with Crippen molar-refractivity contribution in [3.8, 4) is 23.0 Å². The Hall–Kier alpha value is -3.99. The minimum atomic E-state index is -0.207. The van der Waals surface area contributed by atoms with Crippen LogP contribution in [-0.2, 0) is 13.7 Å². The number of hydrazine groups is 1. The lowest BCUT2D eigenvalue weighted by Crippen LogP contribution is -2.42. The molecule has 11 heteroatoms. The van der Waals surface area contributed by atoms with Gasteiger partial charge in [0.05, 0.1) is 11.8 Å². The molecule has 5 aromatic rings. The number of hydrogen-bond acceptors (Lipinski definition) is 8. The first-order valence-electron chi connectivity index (χ1n) is 12.8. The van der Waals surface area contributed by atoms with Crippen molar-refractivity contribution in [2.75, 3.05) is 0 Å². The van der Waals surface area contributed by atoms with Gasteiger partial charge in [-0.2, -0.15) is 5.10 Å². The maximum atomic E-state index is 6.29. The van der Waals surface area contributed by atoms with E-state index in [2.05, 4.69) is 34.1 Å². The summed E-state index contributed by atoms with van der Waals surface area (Å²) in [5.74, 6) is 2.07. The Morgan fingerprint density at radius 2 is 1.97 bits per heavy atom. The molecule has 2 aliphatic heterocycles. The molecule has 3 aromatic heterocycles. The van der Waals surface area contributed by atoms with Crippen LogP contribution in [0.25, 0.3) is 17.0 Å². The maximum Gasteiger partial charge on any atom is 0.224 e. The summed E-state index contributed by atoms with van der Waals surface area (Å²) in [4.78, 5) is 9.60. The van der Waals surface area contributed by atoms with E-state index in [4.69, 9.17) is 31.2 Å². The number of aryl methyl sites for hydroxylation is 2. The van der Waals surface area contributed by atoms with Gasteiger partial charge in [-0.3, -0.25) is 10.1 Å². The first-order valence-corrected chi connectivity index (χ1v) is 13.2. The first-order chi connectivity index (χ1) is 18.9. The predicted molar refractivity (Wildman–Crippen MR) is 145 cm³/mol. The zero-order valence-electron chi connectivity index (χ0n) is 21.7. The fraction of sp³-hybridized carbons (Fsp3) is 0.286. The summed E-state index contributed by atoms with van der Waals surface area (Å²) in [6.07, 6.45) is 5.42. The van der Waals surface area contributed by atoms with Gasteiger partial charge in [0.25, 0.3) is 0 Å². The molecule has 0 bridgehead atoms. The number of rotatable bonds is 5. The number of nitrogens with one attached hydrogen (secondary N) is 2. The van der Waals surface area contributed by atoms with Crippen LogP contribution in [0.1, 0.15) is 35.1 Å². The van der Waals surface area contributed by atoms with Crippen LogP contribution in [0.2, 0.25) is 5.02 Å². The SMILES string of the molecule is Cc1cc(OCc2ccc(-c3nc4c5c(ncn4n3)OC3NNC(C)C3C5c3cnn(C)c3)cc2)ccc1Cl. The predicted octanol–water partition coefficient (Wildman–Crippen LogP) is 4.03. The van der Waals surface area contributed by atoms with Gasteiger partial charge in [0, 0.05) is 41.7 Å². The zero-order valence-corrected chi connectivity index (χ0v) is 22.4. The van der Waals surface area contributed by atoms with Crippen molar-refractivity contribution in [3.05, 3.63) is 88.5 Å². The van der Waals surface area contributed by atoms with Crippen LogP contribution in [-0.4, -0.2) is 41.6 Å². The first kappa shape index (κ1) is 24.1. The third-order valence-electron chi connectivity index (χ3n) is 7.53. The van der Waals surface area contributed by atoms with Gasteiger partial charge in [-0.05, 0) is 48.7 Å². The van der Waals surface area contributed by atoms with E-state index in [9.17, 15) is 0 Å². The molecule has 1 saturated heterocycles. The van der Waals surface area contributed by atoms with E-state index in [-0.39, 0.29) is 24.1 Å². The van der Waals surface area contributed by atoms with E-state index in [1.807, 2.05) is 67.3 Å². The normalized spacial score (nSPS) is 21.9. The van der Waals surface area contributed by atoms with Gasteiger partial charge in [-0.15, -0.1) is 5.10 Å². The highest BCUT2D eigenvalue weighted by molar-refractivity contribution is 6.31. The molecule has 10 nitrogen and oxygen atoms in total. The van der Waals surface area contributed by atoms with Crippen molar-refractivity contribution in [2.45, 2.75) is 38.6 Å². The number of benzene rings is 2. The molecular formula is C28H27ClN8O2. The Labute approximate surface area is 229 Å². The fourth-order valence-electron chi connectivity index (χ4n) is 5.51. The largest absolute Gasteiger partial charge is 0.489 e. The van der Waals surface area contributed by atoms with Crippen molar-refractivity contribution < 1.29 is 9.47 Å². The Bertz CT molecular complexity index is 1680. The van der Waals surface area contributed by atoms with Crippen LogP contribution >= 0.6 is 11.6 Å². The molecule has 4 atom stereocenters. The molecule has 7 rings (SSSR count). The van der Waals surface area contributed by atoms with Crippen LogP contribution in [0.4, 0.5) is 0 Å². The molecule has 0 radical (unpaired) electrons. The molecule has 0 spiro atoms. The molecule has 0 saturated carbocycles. The second-order valence-corrected chi connectivity index (χ2v) is 10.6. The van der Waals surface area contributed by atoms with E-state index in [1.165, 1.54) is 0 Å². The molecule has 1 fully saturated rings. The second-order valence-electron chi connectivity index (χ2n) is 10.2. The summed E-state index contributed by atoms with van der Waals surface area (Å²) in [6.45, 7) is 4.56. The van der Waals surface area contributed by atoms with Crippen molar-refractivity contribution in [3.63, 3.8) is 0 Å². The minimum Gasteiger partial charge on any atom is -0.489 e. The third kappa shape index (κ3) is 4.21. The van der Waals surface area contributed by atoms with Crippen molar-refractivity contribution >= 4 is 17.2 Å². The fourth-order valence-corrected chi connectivity index (χ4v) is 5.63. The van der Waals surface area contributed by atoms with Crippen LogP contribution < -0.4 is 20.3 Å². The average molecular weight is 543 g/mol. The summed E-state index contributed by atoms with van der Waals surface area (Å²) in [6, 6.07) is 13.9. The van der Waals surface area contributed by atoms with Crippen molar-refractivity contribution in [1.82, 2.24) is 40.2 Å². The zero-order chi connectivity index (χ0) is 26.7. The van der Waals surface area contributed by atoms with E-state index < -0.39 is 0 Å². The quantitative estimate of drug-likeness (QED) is 0.343. The number of aromatic nitrogens is 6. The molecule has 4 unspecified atom stereocenters. The van der Waals surface area contributed by atoms with E-state index in [0.717, 1.165) is 44.2 Å². The van der Waals surface area contributed by atoms with E-state index >= 15 is 0 Å². The minimum absolute atomic E-state index is 0.0192. The van der Waals surface area contributed by atoms with Crippen molar-refractivity contribution in [2.24, 2.45) is 13.0 Å². The standard InChI is InChI=1S/C28H27ClN8O2/c1-15-10-20(8-9-21(15)29)38-13-17-4-6-18(7-5-17)25-32-26-24-23(19-11-31-36(3)12-19)22-16(2)33-34-28(22)39-27(24)30-14-37(26)35-25/h4-12,14,16,22-23,28,33-34H,13H2,1-3H3. The molecular weight excluding hydrogens is 516 g/mol. The molecule has 2 aromatic carbocycles. The van der Waals surface area contributed by atoms with Crippen molar-refractivity contribution in [1.29, 1.82) is 0 Å². The van der Waals surface area contributed by atoms with Gasteiger partial charge in [0.15, 0.2) is 17.7 Å². The molecule has 0 aliphatic carbocycles. The molecule has 39 heavy (non-hydrogen) atoms. The maximum absolute atomic E-state index is 6.29. The van der Waals surface area contributed by atoms with Gasteiger partial charge >= 0.3 is 0 Å². The van der Waals surface area contributed by atoms with E-state index in [1.54, 1.807) is 10.8 Å². The van der Waals surface area contributed by atoms with Gasteiger partial charge in [0.1, 0.15) is 18.7 Å². The highest BCUT2D eigenvalue weighted by Gasteiger charge is 2.48. The Balaban J connectivity index is 1.21. The molecule has 198 valence electrons.